The number of hydrogen-bond donors (Lipinski definition) is 1. The largest absolute Gasteiger partial charge is 0.490 e. The van der Waals surface area contributed by atoms with E-state index in [1.54, 1.807) is 0 Å². The number of nitrogens with two attached hydrogens (primary N) is 1. The Hall–Kier alpha value is -1.71. The van der Waals surface area contributed by atoms with E-state index in [0.717, 1.165) is 34.8 Å². The van der Waals surface area contributed by atoms with E-state index in [0.29, 0.717) is 6.61 Å². The molecule has 0 amide bonds. The van der Waals surface area contributed by atoms with Gasteiger partial charge in [0.2, 0.25) is 0 Å². The minimum Gasteiger partial charge on any atom is -0.490 e. The van der Waals surface area contributed by atoms with Gasteiger partial charge in [0.1, 0.15) is 5.75 Å². The molecule has 0 aliphatic rings. The fourth-order valence-electron chi connectivity index (χ4n) is 2.56. The second-order valence-corrected chi connectivity index (χ2v) is 5.84. The van der Waals surface area contributed by atoms with E-state index >= 15 is 0 Å². The van der Waals surface area contributed by atoms with Crippen LogP contribution in [0.1, 0.15) is 38.8 Å². The van der Waals surface area contributed by atoms with Crippen LogP contribution in [0.25, 0.3) is 0 Å². The molecule has 0 unspecified atom stereocenters. The molecule has 126 valence electrons. The molecule has 0 aliphatic heterocycles. The smallest absolute Gasteiger partial charge is 0.169 e. The van der Waals surface area contributed by atoms with Crippen LogP contribution in [0.15, 0.2) is 42.5 Å². The van der Waals surface area contributed by atoms with Gasteiger partial charge in [-0.2, -0.15) is 0 Å². The summed E-state index contributed by atoms with van der Waals surface area (Å²) in [5.41, 5.74) is 8.10. The summed E-state index contributed by atoms with van der Waals surface area (Å²) in [5, 5.41) is 0. The Bertz CT molecular complexity index is 621. The van der Waals surface area contributed by atoms with Crippen LogP contribution in [-0.4, -0.2) is 6.61 Å². The highest BCUT2D eigenvalue weighted by atomic mass is 35.5. The summed E-state index contributed by atoms with van der Waals surface area (Å²) in [6, 6.07) is 13.7. The molecule has 0 saturated heterocycles. The highest BCUT2D eigenvalue weighted by Gasteiger charge is 2.23. The predicted molar refractivity (Wildman–Crippen MR) is 98.0 cm³/mol. The molecule has 0 spiro atoms. The first-order chi connectivity index (χ1) is 10.5. The maximum atomic E-state index is 6.30. The van der Waals surface area contributed by atoms with Crippen LogP contribution in [0.3, 0.4) is 0 Å². The third-order valence-electron chi connectivity index (χ3n) is 3.53. The minimum atomic E-state index is -0.414. The van der Waals surface area contributed by atoms with Crippen LogP contribution in [-0.2, 0) is 12.0 Å². The summed E-state index contributed by atoms with van der Waals surface area (Å²) in [6.07, 6.45) is 0.845. The molecule has 0 radical (unpaired) electrons. The summed E-state index contributed by atoms with van der Waals surface area (Å²) in [6.45, 7) is 8.70. The van der Waals surface area contributed by atoms with Crippen LogP contribution in [0.4, 0.5) is 0 Å². The van der Waals surface area contributed by atoms with Gasteiger partial charge in [-0.1, -0.05) is 31.2 Å². The average Bonchev–Trinajstić information content (AvgIpc) is 2.48. The lowest BCUT2D eigenvalue weighted by atomic mass is 9.89. The monoisotopic (exact) mass is 335 g/mol. The Labute approximate surface area is 145 Å². The van der Waals surface area contributed by atoms with Crippen molar-refractivity contribution in [2.75, 3.05) is 6.61 Å². The first-order valence-corrected chi connectivity index (χ1v) is 7.78. The first kappa shape index (κ1) is 19.3. The minimum absolute atomic E-state index is 0. The van der Waals surface area contributed by atoms with Crippen LogP contribution in [0, 0.1) is 0 Å². The van der Waals surface area contributed by atoms with Gasteiger partial charge in [-0.3, -0.25) is 0 Å². The predicted octanol–water partition coefficient (Wildman–Crippen LogP) is 5.06. The van der Waals surface area contributed by atoms with Gasteiger partial charge in [-0.25, -0.2) is 0 Å². The highest BCUT2D eigenvalue weighted by Crippen LogP contribution is 2.39. The number of halogens is 1. The molecule has 0 atom stereocenters. The third kappa shape index (κ3) is 4.63. The maximum absolute atomic E-state index is 6.30. The number of rotatable bonds is 6. The van der Waals surface area contributed by atoms with Gasteiger partial charge in [-0.15, -0.1) is 12.4 Å². The molecule has 0 aromatic heterocycles. The third-order valence-corrected chi connectivity index (χ3v) is 3.53. The van der Waals surface area contributed by atoms with Gasteiger partial charge < -0.3 is 15.2 Å². The molecule has 2 N–H and O–H groups in total. The van der Waals surface area contributed by atoms with Crippen LogP contribution in [0.5, 0.6) is 17.2 Å². The molecule has 0 saturated carbocycles. The summed E-state index contributed by atoms with van der Waals surface area (Å²) in [7, 11) is 0. The van der Waals surface area contributed by atoms with Crippen molar-refractivity contribution in [3.05, 3.63) is 53.6 Å². The molecule has 0 aliphatic carbocycles. The van der Waals surface area contributed by atoms with Gasteiger partial charge in [-0.05, 0) is 51.0 Å². The van der Waals surface area contributed by atoms with Gasteiger partial charge >= 0.3 is 0 Å². The Morgan fingerprint density at radius 3 is 2.17 bits per heavy atom. The van der Waals surface area contributed by atoms with Crippen molar-refractivity contribution in [1.29, 1.82) is 0 Å². The molecule has 4 heteroatoms. The Morgan fingerprint density at radius 1 is 1.00 bits per heavy atom. The van der Waals surface area contributed by atoms with Crippen molar-refractivity contribution in [2.24, 2.45) is 5.73 Å². The lowest BCUT2D eigenvalue weighted by Crippen LogP contribution is -2.30. The van der Waals surface area contributed by atoms with Crippen LogP contribution < -0.4 is 15.2 Å². The van der Waals surface area contributed by atoms with Crippen molar-refractivity contribution in [2.45, 2.75) is 39.7 Å². The van der Waals surface area contributed by atoms with E-state index < -0.39 is 5.54 Å². The molecular weight excluding hydrogens is 310 g/mol. The number of hydrogen-bond acceptors (Lipinski definition) is 3. The van der Waals surface area contributed by atoms with Crippen LogP contribution >= 0.6 is 12.4 Å². The topological polar surface area (TPSA) is 44.5 Å². The molecular formula is C19H26ClNO2. The lowest BCUT2D eigenvalue weighted by molar-refractivity contribution is 0.316. The van der Waals surface area contributed by atoms with Crippen molar-refractivity contribution in [3.63, 3.8) is 0 Å². The molecule has 2 aromatic rings. The van der Waals surface area contributed by atoms with Crippen LogP contribution in [0.2, 0.25) is 0 Å². The second-order valence-electron chi connectivity index (χ2n) is 5.84. The van der Waals surface area contributed by atoms with Gasteiger partial charge in [0, 0.05) is 11.1 Å². The highest BCUT2D eigenvalue weighted by molar-refractivity contribution is 5.85. The number of benzene rings is 2. The standard InChI is InChI=1S/C19H25NO2.ClH/c1-5-15-16(19(3,4)20)12-13-17(18(15)21-6-2)22-14-10-8-7-9-11-14;/h7-13H,5-6,20H2,1-4H3;1H. The number of para-hydroxylation sites is 1. The van der Waals surface area contributed by atoms with Gasteiger partial charge in [0.05, 0.1) is 6.61 Å². The summed E-state index contributed by atoms with van der Waals surface area (Å²) in [5.74, 6) is 2.33. The van der Waals surface area contributed by atoms with E-state index in [2.05, 4.69) is 6.92 Å². The Morgan fingerprint density at radius 2 is 1.65 bits per heavy atom. The van der Waals surface area contributed by atoms with E-state index in [1.165, 1.54) is 0 Å². The van der Waals surface area contributed by atoms with Crippen molar-refractivity contribution >= 4 is 12.4 Å². The van der Waals surface area contributed by atoms with E-state index in [1.807, 2.05) is 63.2 Å². The Balaban J connectivity index is 0.00000264. The van der Waals surface area contributed by atoms with Crippen molar-refractivity contribution in [3.8, 4) is 17.2 Å². The molecule has 3 nitrogen and oxygen atoms in total. The van der Waals surface area contributed by atoms with Gasteiger partial charge in [0.15, 0.2) is 11.5 Å². The quantitative estimate of drug-likeness (QED) is 0.802. The molecule has 23 heavy (non-hydrogen) atoms. The number of ether oxygens (including phenoxy) is 2. The summed E-state index contributed by atoms with van der Waals surface area (Å²) < 4.78 is 11.9. The zero-order valence-electron chi connectivity index (χ0n) is 14.3. The zero-order valence-corrected chi connectivity index (χ0v) is 15.1. The molecule has 0 fully saturated rings. The molecule has 2 rings (SSSR count). The first-order valence-electron chi connectivity index (χ1n) is 7.78. The molecule has 2 aromatic carbocycles. The summed E-state index contributed by atoms with van der Waals surface area (Å²) in [4.78, 5) is 0. The normalized spacial score (nSPS) is 10.8. The summed E-state index contributed by atoms with van der Waals surface area (Å²) >= 11 is 0. The van der Waals surface area contributed by atoms with E-state index in [9.17, 15) is 0 Å². The lowest BCUT2D eigenvalue weighted by Gasteiger charge is -2.25. The van der Waals surface area contributed by atoms with Gasteiger partial charge in [0.25, 0.3) is 0 Å². The zero-order chi connectivity index (χ0) is 16.2. The SMILES string of the molecule is CCOc1c(Oc2ccccc2)ccc(C(C)(C)N)c1CC.Cl. The van der Waals surface area contributed by atoms with Crippen molar-refractivity contribution < 1.29 is 9.47 Å². The Kier molecular flexibility index (Phi) is 6.92. The van der Waals surface area contributed by atoms with Crippen molar-refractivity contribution in [1.82, 2.24) is 0 Å². The van der Waals surface area contributed by atoms with E-state index in [-0.39, 0.29) is 12.4 Å². The maximum Gasteiger partial charge on any atom is 0.169 e. The second kappa shape index (κ2) is 8.23. The average molecular weight is 336 g/mol. The fraction of sp³-hybridized carbons (Fsp3) is 0.368. The molecule has 0 bridgehead atoms. The fourth-order valence-corrected chi connectivity index (χ4v) is 2.56. The van der Waals surface area contributed by atoms with E-state index in [4.69, 9.17) is 15.2 Å². The molecule has 0 heterocycles.